The van der Waals surface area contributed by atoms with Crippen molar-refractivity contribution in [3.05, 3.63) is 41.5 Å². The first-order valence-electron chi connectivity index (χ1n) is 10.3. The van der Waals surface area contributed by atoms with Crippen molar-refractivity contribution in [1.29, 1.82) is 0 Å². The van der Waals surface area contributed by atoms with Crippen molar-refractivity contribution >= 4 is 27.4 Å². The second kappa shape index (κ2) is 8.56. The Labute approximate surface area is 179 Å². The molecule has 0 amide bonds. The van der Waals surface area contributed by atoms with Gasteiger partial charge < -0.3 is 19.9 Å². The molecule has 1 aromatic carbocycles. The SMILES string of the molecule is OCC1(CNc2nc(CN3CCOCC3)nc3scc(-c4ccccc4)c23)COC1. The smallest absolute Gasteiger partial charge is 0.146 e. The molecule has 5 rings (SSSR count). The van der Waals surface area contributed by atoms with Gasteiger partial charge in [0.25, 0.3) is 0 Å². The number of aliphatic hydroxyl groups is 1. The highest BCUT2D eigenvalue weighted by molar-refractivity contribution is 7.17. The molecule has 30 heavy (non-hydrogen) atoms. The fourth-order valence-electron chi connectivity index (χ4n) is 3.89. The van der Waals surface area contributed by atoms with Gasteiger partial charge in [0.1, 0.15) is 16.5 Å². The van der Waals surface area contributed by atoms with Gasteiger partial charge in [-0.05, 0) is 5.56 Å². The lowest BCUT2D eigenvalue weighted by Crippen LogP contribution is -2.50. The second-order valence-corrected chi connectivity index (χ2v) is 8.94. The topological polar surface area (TPSA) is 79.7 Å². The summed E-state index contributed by atoms with van der Waals surface area (Å²) in [4.78, 5) is 13.1. The molecular weight excluding hydrogens is 400 g/mol. The van der Waals surface area contributed by atoms with Crippen LogP contribution in [0, 0.1) is 5.41 Å². The monoisotopic (exact) mass is 426 g/mol. The molecule has 2 fully saturated rings. The number of fused-ring (bicyclic) bond motifs is 1. The van der Waals surface area contributed by atoms with Gasteiger partial charge in [-0.3, -0.25) is 4.90 Å². The maximum atomic E-state index is 9.82. The fourth-order valence-corrected chi connectivity index (χ4v) is 4.85. The van der Waals surface area contributed by atoms with Gasteiger partial charge in [-0.1, -0.05) is 30.3 Å². The van der Waals surface area contributed by atoms with E-state index in [2.05, 4.69) is 27.7 Å². The van der Waals surface area contributed by atoms with E-state index in [4.69, 9.17) is 19.4 Å². The first kappa shape index (κ1) is 19.8. The normalized spacial score (nSPS) is 19.0. The minimum atomic E-state index is -0.232. The van der Waals surface area contributed by atoms with E-state index in [0.717, 1.165) is 59.3 Å². The van der Waals surface area contributed by atoms with Gasteiger partial charge in [-0.25, -0.2) is 9.97 Å². The Hall–Kier alpha value is -2.10. The van der Waals surface area contributed by atoms with Crippen LogP contribution in [0.1, 0.15) is 5.82 Å². The molecule has 0 spiro atoms. The van der Waals surface area contributed by atoms with Gasteiger partial charge >= 0.3 is 0 Å². The summed E-state index contributed by atoms with van der Waals surface area (Å²) in [5.41, 5.74) is 2.06. The zero-order chi connectivity index (χ0) is 20.4. The Bertz CT molecular complexity index is 995. The van der Waals surface area contributed by atoms with Gasteiger partial charge in [-0.2, -0.15) is 0 Å². The quantitative estimate of drug-likeness (QED) is 0.601. The summed E-state index contributed by atoms with van der Waals surface area (Å²) < 4.78 is 10.8. The first-order valence-corrected chi connectivity index (χ1v) is 11.2. The molecule has 158 valence electrons. The maximum Gasteiger partial charge on any atom is 0.146 e. The molecule has 0 bridgehead atoms. The van der Waals surface area contributed by atoms with Gasteiger partial charge in [-0.15, -0.1) is 11.3 Å². The van der Waals surface area contributed by atoms with E-state index in [1.165, 1.54) is 0 Å². The molecule has 0 aliphatic carbocycles. The minimum absolute atomic E-state index is 0.101. The molecule has 2 N–H and O–H groups in total. The minimum Gasteiger partial charge on any atom is -0.396 e. The molecule has 0 atom stereocenters. The van der Waals surface area contributed by atoms with E-state index in [9.17, 15) is 5.11 Å². The maximum absolute atomic E-state index is 9.82. The van der Waals surface area contributed by atoms with Crippen LogP contribution >= 0.6 is 11.3 Å². The molecule has 2 saturated heterocycles. The molecule has 4 heterocycles. The number of benzene rings is 1. The standard InChI is InChI=1S/C22H26N4O3S/c27-13-22(14-29-15-22)12-23-20-19-17(16-4-2-1-3-5-16)11-30-21(19)25-18(24-20)10-26-6-8-28-9-7-26/h1-5,11,27H,6-10,12-15H2,(H,23,24,25). The molecule has 0 radical (unpaired) electrons. The fraction of sp³-hybridized carbons (Fsp3) is 0.455. The number of nitrogens with zero attached hydrogens (tertiary/aromatic N) is 3. The van der Waals surface area contributed by atoms with E-state index >= 15 is 0 Å². The number of aliphatic hydroxyl groups excluding tert-OH is 1. The number of ether oxygens (including phenoxy) is 2. The van der Waals surface area contributed by atoms with E-state index in [1.54, 1.807) is 11.3 Å². The average Bonchev–Trinajstić information content (AvgIpc) is 3.19. The van der Waals surface area contributed by atoms with Gasteiger partial charge in [0.05, 0.1) is 50.4 Å². The molecule has 7 nitrogen and oxygen atoms in total. The van der Waals surface area contributed by atoms with Crippen molar-refractivity contribution in [2.45, 2.75) is 6.54 Å². The number of hydrogen-bond acceptors (Lipinski definition) is 8. The molecule has 3 aromatic rings. The first-order chi connectivity index (χ1) is 14.8. The number of thiophene rings is 1. The summed E-state index contributed by atoms with van der Waals surface area (Å²) in [6.45, 7) is 5.87. The number of nitrogens with one attached hydrogen (secondary N) is 1. The summed E-state index contributed by atoms with van der Waals surface area (Å²) in [6, 6.07) is 10.3. The van der Waals surface area contributed by atoms with Crippen LogP contribution in [-0.4, -0.2) is 72.6 Å². The lowest BCUT2D eigenvalue weighted by atomic mass is 9.87. The van der Waals surface area contributed by atoms with E-state index in [0.29, 0.717) is 26.3 Å². The molecule has 2 aliphatic rings. The van der Waals surface area contributed by atoms with Crippen molar-refractivity contribution in [3.63, 3.8) is 0 Å². The second-order valence-electron chi connectivity index (χ2n) is 8.08. The van der Waals surface area contributed by atoms with Gasteiger partial charge in [0.2, 0.25) is 0 Å². The zero-order valence-electron chi connectivity index (χ0n) is 16.8. The van der Waals surface area contributed by atoms with E-state index < -0.39 is 0 Å². The molecular formula is C22H26N4O3S. The third kappa shape index (κ3) is 3.93. The Morgan fingerprint density at radius 2 is 1.90 bits per heavy atom. The third-order valence-corrected chi connectivity index (χ3v) is 6.69. The number of hydrogen-bond donors (Lipinski definition) is 2. The van der Waals surface area contributed by atoms with Crippen LogP contribution in [0.2, 0.25) is 0 Å². The summed E-state index contributed by atoms with van der Waals surface area (Å²) in [6.07, 6.45) is 0. The van der Waals surface area contributed by atoms with Crippen molar-refractivity contribution in [1.82, 2.24) is 14.9 Å². The van der Waals surface area contributed by atoms with E-state index in [1.807, 2.05) is 18.2 Å². The number of aromatic nitrogens is 2. The highest BCUT2D eigenvalue weighted by atomic mass is 32.1. The highest BCUT2D eigenvalue weighted by Gasteiger charge is 2.38. The van der Waals surface area contributed by atoms with E-state index in [-0.39, 0.29) is 12.0 Å². The predicted molar refractivity (Wildman–Crippen MR) is 118 cm³/mol. The lowest BCUT2D eigenvalue weighted by Gasteiger charge is -2.40. The number of rotatable bonds is 7. The molecule has 2 aromatic heterocycles. The molecule has 2 aliphatic heterocycles. The predicted octanol–water partition coefficient (Wildman–Crippen LogP) is 2.61. The molecule has 8 heteroatoms. The Morgan fingerprint density at radius 1 is 1.10 bits per heavy atom. The summed E-state index contributed by atoms with van der Waals surface area (Å²) in [5.74, 6) is 1.65. The van der Waals surface area contributed by atoms with Crippen molar-refractivity contribution in [2.24, 2.45) is 5.41 Å². The zero-order valence-corrected chi connectivity index (χ0v) is 17.7. The average molecular weight is 427 g/mol. The lowest BCUT2D eigenvalue weighted by molar-refractivity contribution is -0.128. The highest BCUT2D eigenvalue weighted by Crippen LogP contribution is 2.38. The Kier molecular flexibility index (Phi) is 5.66. The summed E-state index contributed by atoms with van der Waals surface area (Å²) in [5, 5.41) is 16.6. The van der Waals surface area contributed by atoms with Crippen LogP contribution in [0.15, 0.2) is 35.7 Å². The van der Waals surface area contributed by atoms with Crippen molar-refractivity contribution in [3.8, 4) is 11.1 Å². The number of morpholine rings is 1. The van der Waals surface area contributed by atoms with Gasteiger partial charge in [0, 0.05) is 30.6 Å². The van der Waals surface area contributed by atoms with Crippen LogP contribution in [0.4, 0.5) is 5.82 Å². The third-order valence-electron chi connectivity index (χ3n) is 5.82. The van der Waals surface area contributed by atoms with Gasteiger partial charge in [0.15, 0.2) is 0 Å². The summed E-state index contributed by atoms with van der Waals surface area (Å²) >= 11 is 1.65. The van der Waals surface area contributed by atoms with Crippen LogP contribution in [0.5, 0.6) is 0 Å². The largest absolute Gasteiger partial charge is 0.396 e. The Morgan fingerprint density at radius 3 is 2.60 bits per heavy atom. The van der Waals surface area contributed by atoms with Crippen LogP contribution < -0.4 is 5.32 Å². The summed E-state index contributed by atoms with van der Waals surface area (Å²) in [7, 11) is 0. The van der Waals surface area contributed by atoms with Crippen LogP contribution in [0.25, 0.3) is 21.3 Å². The van der Waals surface area contributed by atoms with Crippen LogP contribution in [0.3, 0.4) is 0 Å². The molecule has 0 saturated carbocycles. The Balaban J connectivity index is 1.50. The van der Waals surface area contributed by atoms with Crippen molar-refractivity contribution in [2.75, 3.05) is 58.0 Å². The van der Waals surface area contributed by atoms with Crippen LogP contribution in [-0.2, 0) is 16.0 Å². The van der Waals surface area contributed by atoms with Crippen molar-refractivity contribution < 1.29 is 14.6 Å². The molecule has 0 unspecified atom stereocenters. The number of anilines is 1.